The number of ketones is 1. The number of nitrogen functional groups attached to an aromatic ring is 1. The van der Waals surface area contributed by atoms with Gasteiger partial charge in [-0.15, -0.1) is 0 Å². The second-order valence-electron chi connectivity index (χ2n) is 17.4. The van der Waals surface area contributed by atoms with Gasteiger partial charge in [0.1, 0.15) is 30.3 Å². The van der Waals surface area contributed by atoms with Crippen LogP contribution in [0.5, 0.6) is 0 Å². The minimum atomic E-state index is -1.32. The van der Waals surface area contributed by atoms with Gasteiger partial charge >= 0.3 is 5.97 Å². The molecule has 58 heavy (non-hydrogen) atoms. The zero-order valence-electron chi connectivity index (χ0n) is 35.6. The molecule has 0 aromatic carbocycles. The summed E-state index contributed by atoms with van der Waals surface area (Å²) in [5, 5.41) is 16.2. The van der Waals surface area contributed by atoms with E-state index in [4.69, 9.17) is 39.0 Å². The molecule has 0 spiro atoms. The maximum Gasteiger partial charge on any atom is 0.311 e. The Kier molecular flexibility index (Phi) is 13.6. The van der Waals surface area contributed by atoms with Crippen molar-refractivity contribution < 1.29 is 48.0 Å². The van der Waals surface area contributed by atoms with E-state index in [1.807, 2.05) is 84.8 Å². The van der Waals surface area contributed by atoms with Gasteiger partial charge in [-0.25, -0.2) is 4.98 Å². The van der Waals surface area contributed by atoms with Gasteiger partial charge in [0, 0.05) is 29.6 Å². The third-order valence-electron chi connectivity index (χ3n) is 12.6. The van der Waals surface area contributed by atoms with Crippen LogP contribution in [0, 0.1) is 23.7 Å². The summed E-state index contributed by atoms with van der Waals surface area (Å²) in [6, 6.07) is 8.89. The zero-order chi connectivity index (χ0) is 42.1. The monoisotopic (exact) mass is 809 g/mol. The van der Waals surface area contributed by atoms with Crippen molar-refractivity contribution in [3.63, 3.8) is 0 Å². The number of hydrogen-bond acceptors (Lipinski definition) is 15. The molecule has 4 fully saturated rings. The molecule has 2 aromatic heterocycles. The van der Waals surface area contributed by atoms with Crippen LogP contribution in [-0.4, -0.2) is 125 Å². The van der Waals surface area contributed by atoms with E-state index < -0.39 is 71.7 Å². The number of aliphatic hydroxyl groups excluding tert-OH is 1. The molecule has 0 amide bonds. The maximum atomic E-state index is 14.2. The van der Waals surface area contributed by atoms with Gasteiger partial charge in [-0.2, -0.15) is 0 Å². The molecule has 4 bridgehead atoms. The number of nitrogens with two attached hydrogens (primary N) is 1. The molecule has 2 aromatic rings. The van der Waals surface area contributed by atoms with Crippen molar-refractivity contribution in [2.45, 2.75) is 141 Å². The fourth-order valence-electron chi connectivity index (χ4n) is 9.40. The quantitative estimate of drug-likeness (QED) is 0.279. The maximum absolute atomic E-state index is 14.2. The van der Waals surface area contributed by atoms with Crippen molar-refractivity contribution in [1.29, 1.82) is 0 Å². The summed E-state index contributed by atoms with van der Waals surface area (Å²) in [7, 11) is 3.85. The van der Waals surface area contributed by atoms with Gasteiger partial charge in [0.2, 0.25) is 0 Å². The standard InChI is InChI=1S/C43H63N5O10/c1-11-33-43(8)38(50)25(4)36(58-43)23(2)18-42(7)39(57-41-35(49)32(48(9)10)17-24(3)55-41)26(5)37(27(6)40(51)56-33)52-21-29(22-53-42)47-54-20-28-15-16-30(45-19-28)31-13-12-14-34(44)46-31/h12-16,19,23-27,32-33,35-37,39,41,49H,11,17-18,20-22H2,1-10H3,(H2,44,46)/b47-29+/t23-,24-,25?,26-,27-,32+,33-,35-,36?,37+,39-,41+,42-,43?/m1/s1. The van der Waals surface area contributed by atoms with Crippen LogP contribution < -0.4 is 5.73 Å². The van der Waals surface area contributed by atoms with Crippen LogP contribution in [0.25, 0.3) is 11.4 Å². The van der Waals surface area contributed by atoms with E-state index in [0.29, 0.717) is 42.2 Å². The number of rotatable bonds is 8. The van der Waals surface area contributed by atoms with Crippen LogP contribution in [0.1, 0.15) is 80.2 Å². The Bertz CT molecular complexity index is 1780. The van der Waals surface area contributed by atoms with E-state index in [0.717, 1.165) is 5.56 Å². The van der Waals surface area contributed by atoms with Crippen LogP contribution in [0.2, 0.25) is 0 Å². The van der Waals surface area contributed by atoms with Gasteiger partial charge in [-0.05, 0) is 85.2 Å². The lowest BCUT2D eigenvalue weighted by Crippen LogP contribution is -2.59. The number of fused-ring (bicyclic) bond motifs is 5. The predicted molar refractivity (Wildman–Crippen MR) is 215 cm³/mol. The van der Waals surface area contributed by atoms with Gasteiger partial charge in [0.15, 0.2) is 17.7 Å². The van der Waals surface area contributed by atoms with Crippen LogP contribution in [0.15, 0.2) is 41.7 Å². The molecule has 6 heterocycles. The number of Topliss-reactive ketones (excluding diaryl/α,β-unsaturated/α-hetero) is 1. The first-order valence-electron chi connectivity index (χ1n) is 20.6. The zero-order valence-corrected chi connectivity index (χ0v) is 35.6. The molecular formula is C43H63N5O10. The van der Waals surface area contributed by atoms with Crippen LogP contribution >= 0.6 is 0 Å². The van der Waals surface area contributed by atoms with Crippen LogP contribution in [-0.2, 0) is 49.5 Å². The number of likely N-dealkylation sites (N-methyl/N-ethyl adjacent to an activating group) is 1. The van der Waals surface area contributed by atoms with Crippen molar-refractivity contribution in [2.24, 2.45) is 28.8 Å². The molecular weight excluding hydrogens is 746 g/mol. The molecule has 3 unspecified atom stereocenters. The molecule has 4 aliphatic heterocycles. The normalized spacial score (nSPS) is 39.6. The molecule has 0 saturated carbocycles. The van der Waals surface area contributed by atoms with Gasteiger partial charge in [0.05, 0.1) is 60.5 Å². The van der Waals surface area contributed by atoms with Gasteiger partial charge in [-0.1, -0.05) is 45.0 Å². The number of pyridine rings is 2. The molecule has 320 valence electrons. The number of carbonyl (C=O) groups is 2. The van der Waals surface area contributed by atoms with E-state index in [1.54, 1.807) is 26.1 Å². The number of ether oxygens (including phenoxy) is 6. The Morgan fingerprint density at radius 1 is 1.02 bits per heavy atom. The summed E-state index contributed by atoms with van der Waals surface area (Å²) in [6.45, 7) is 15.3. The van der Waals surface area contributed by atoms with Crippen LogP contribution in [0.3, 0.4) is 0 Å². The lowest BCUT2D eigenvalue weighted by atomic mass is 9.75. The number of aliphatic hydroxyl groups is 1. The molecule has 4 saturated heterocycles. The third kappa shape index (κ3) is 9.10. The van der Waals surface area contributed by atoms with E-state index in [2.05, 4.69) is 15.1 Å². The summed E-state index contributed by atoms with van der Waals surface area (Å²) in [5.41, 5.74) is 6.00. The Hall–Kier alpha value is -3.57. The highest BCUT2D eigenvalue weighted by Crippen LogP contribution is 2.45. The SMILES string of the molecule is CC[C@H]1OC(=O)[C@H](C)[C@H]2OC/C(=N\OCc3ccc(-c4cccc(N)n4)nc3)CO[C@](C)(C[C@@H](C)C3OC1(C)C(=O)C3C)[C@H](O[C@@H]1O[C@H](C)C[C@H](N(C)C)[C@H]1O)[C@@H]2C. The summed E-state index contributed by atoms with van der Waals surface area (Å²) in [4.78, 5) is 44.9. The van der Waals surface area contributed by atoms with Crippen LogP contribution in [0.4, 0.5) is 5.82 Å². The second-order valence-corrected chi connectivity index (χ2v) is 17.4. The highest BCUT2D eigenvalue weighted by Gasteiger charge is 2.58. The third-order valence-corrected chi connectivity index (χ3v) is 12.6. The number of anilines is 1. The number of nitrogens with zero attached hydrogens (tertiary/aromatic N) is 4. The molecule has 6 rings (SSSR count). The fraction of sp³-hybridized carbons (Fsp3) is 0.698. The van der Waals surface area contributed by atoms with Crippen molar-refractivity contribution in [3.05, 3.63) is 42.1 Å². The van der Waals surface area contributed by atoms with E-state index in [9.17, 15) is 14.7 Å². The highest BCUT2D eigenvalue weighted by molar-refractivity contribution is 5.92. The number of hydrogen-bond donors (Lipinski definition) is 2. The summed E-state index contributed by atoms with van der Waals surface area (Å²) >= 11 is 0. The molecule has 15 nitrogen and oxygen atoms in total. The van der Waals surface area contributed by atoms with Gasteiger partial charge < -0.3 is 49.0 Å². The average Bonchev–Trinajstić information content (AvgIpc) is 3.44. The van der Waals surface area contributed by atoms with Crippen molar-refractivity contribution >= 4 is 23.3 Å². The first-order valence-corrected chi connectivity index (χ1v) is 20.6. The minimum Gasteiger partial charge on any atom is -0.459 e. The predicted octanol–water partition coefficient (Wildman–Crippen LogP) is 4.58. The summed E-state index contributed by atoms with van der Waals surface area (Å²) in [5.74, 6) is -2.24. The largest absolute Gasteiger partial charge is 0.459 e. The Balaban J connectivity index is 1.35. The van der Waals surface area contributed by atoms with Crippen molar-refractivity contribution in [1.82, 2.24) is 14.9 Å². The highest BCUT2D eigenvalue weighted by atomic mass is 16.7. The molecule has 4 aliphatic rings. The van der Waals surface area contributed by atoms with E-state index >= 15 is 0 Å². The molecule has 15 heteroatoms. The first kappa shape index (κ1) is 44.0. The number of cyclic esters (lactones) is 1. The number of oxime groups is 1. The fourth-order valence-corrected chi connectivity index (χ4v) is 9.40. The Morgan fingerprint density at radius 3 is 2.45 bits per heavy atom. The van der Waals surface area contributed by atoms with Gasteiger partial charge in [0.25, 0.3) is 0 Å². The smallest absolute Gasteiger partial charge is 0.311 e. The molecule has 0 aliphatic carbocycles. The summed E-state index contributed by atoms with van der Waals surface area (Å²) < 4.78 is 39.8. The number of carbonyl (C=O) groups excluding carboxylic acids is 2. The second kappa shape index (κ2) is 18.0. The summed E-state index contributed by atoms with van der Waals surface area (Å²) in [6.07, 6.45) is -1.98. The van der Waals surface area contributed by atoms with Gasteiger partial charge in [-0.3, -0.25) is 14.6 Å². The average molecular weight is 810 g/mol. The minimum absolute atomic E-state index is 0.0000683. The van der Waals surface area contributed by atoms with Crippen molar-refractivity contribution in [3.8, 4) is 11.4 Å². The Morgan fingerprint density at radius 2 is 1.78 bits per heavy atom. The van der Waals surface area contributed by atoms with Crippen molar-refractivity contribution in [2.75, 3.05) is 33.0 Å². The topological polar surface area (TPSA) is 186 Å². The number of aromatic nitrogens is 2. The number of esters is 1. The lowest BCUT2D eigenvalue weighted by molar-refractivity contribution is -0.302. The van der Waals surface area contributed by atoms with E-state index in [1.165, 1.54) is 0 Å². The molecule has 0 radical (unpaired) electrons. The first-order chi connectivity index (χ1) is 27.4. The molecule has 3 N–H and O–H groups in total. The lowest BCUT2D eigenvalue weighted by Gasteiger charge is -2.48. The molecule has 14 atom stereocenters. The van der Waals surface area contributed by atoms with E-state index in [-0.39, 0.29) is 43.7 Å². The Labute approximate surface area is 342 Å².